The van der Waals surface area contributed by atoms with Gasteiger partial charge in [-0.25, -0.2) is 0 Å². The van der Waals surface area contributed by atoms with Gasteiger partial charge in [0.25, 0.3) is 0 Å². The molecule has 2 aromatic rings. The van der Waals surface area contributed by atoms with Crippen molar-refractivity contribution in [2.24, 2.45) is 0 Å². The van der Waals surface area contributed by atoms with E-state index in [-0.39, 0.29) is 49.0 Å². The van der Waals surface area contributed by atoms with Crippen LogP contribution in [0, 0.1) is 20.8 Å². The third-order valence-corrected chi connectivity index (χ3v) is 5.49. The lowest BCUT2D eigenvalue weighted by molar-refractivity contribution is -0.125. The first-order valence-electron chi connectivity index (χ1n) is 10.8. The average Bonchev–Trinajstić information content (AvgIpc) is 3.44. The molecule has 2 N–H and O–H groups in total. The van der Waals surface area contributed by atoms with Crippen LogP contribution in [0.15, 0.2) is 28.8 Å². The molecule has 1 saturated heterocycles. The molecule has 0 bridgehead atoms. The van der Waals surface area contributed by atoms with Crippen molar-refractivity contribution in [2.45, 2.75) is 52.6 Å². The number of carbonyl (C=O) groups excluding carboxylic acids is 3. The Morgan fingerprint density at radius 2 is 1.97 bits per heavy atom. The zero-order valence-electron chi connectivity index (χ0n) is 18.8. The van der Waals surface area contributed by atoms with Gasteiger partial charge in [0.1, 0.15) is 12.3 Å². The topological polar surface area (TPSA) is 114 Å². The summed E-state index contributed by atoms with van der Waals surface area (Å²) in [6.07, 6.45) is 1.80. The summed E-state index contributed by atoms with van der Waals surface area (Å²) in [7, 11) is 0. The van der Waals surface area contributed by atoms with Crippen molar-refractivity contribution in [3.8, 4) is 0 Å². The van der Waals surface area contributed by atoms with Crippen LogP contribution in [0.1, 0.15) is 42.6 Å². The van der Waals surface area contributed by atoms with Gasteiger partial charge in [0.2, 0.25) is 17.7 Å². The van der Waals surface area contributed by atoms with Crippen LogP contribution in [-0.2, 0) is 19.1 Å². The summed E-state index contributed by atoms with van der Waals surface area (Å²) in [5, 5.41) is 9.51. The van der Waals surface area contributed by atoms with Crippen LogP contribution in [0.5, 0.6) is 0 Å². The molecule has 172 valence electrons. The summed E-state index contributed by atoms with van der Waals surface area (Å²) in [4.78, 5) is 39.0. The molecule has 1 aromatic heterocycles. The van der Waals surface area contributed by atoms with Crippen LogP contribution >= 0.6 is 0 Å². The maximum Gasteiger partial charge on any atom is 0.240 e. The van der Waals surface area contributed by atoms with E-state index in [1.807, 2.05) is 32.0 Å². The van der Waals surface area contributed by atoms with E-state index >= 15 is 0 Å². The Morgan fingerprint density at radius 1 is 1.16 bits per heavy atom. The van der Waals surface area contributed by atoms with Gasteiger partial charge in [0, 0.05) is 37.7 Å². The van der Waals surface area contributed by atoms with Crippen molar-refractivity contribution < 1.29 is 23.6 Å². The van der Waals surface area contributed by atoms with E-state index in [0.717, 1.165) is 29.7 Å². The molecule has 0 spiro atoms. The predicted molar refractivity (Wildman–Crippen MR) is 119 cm³/mol. The van der Waals surface area contributed by atoms with E-state index in [2.05, 4.69) is 15.8 Å². The molecule has 32 heavy (non-hydrogen) atoms. The Kier molecular flexibility index (Phi) is 7.99. The van der Waals surface area contributed by atoms with E-state index in [1.165, 1.54) is 4.90 Å². The summed E-state index contributed by atoms with van der Waals surface area (Å²) < 4.78 is 10.6. The highest BCUT2D eigenvalue weighted by atomic mass is 16.5. The molecule has 1 atom stereocenters. The van der Waals surface area contributed by atoms with Crippen LogP contribution in [0.25, 0.3) is 0 Å². The Bertz CT molecular complexity index is 965. The molecule has 1 aliphatic rings. The zero-order chi connectivity index (χ0) is 23.1. The lowest BCUT2D eigenvalue weighted by Crippen LogP contribution is -2.43. The van der Waals surface area contributed by atoms with Gasteiger partial charge in [-0.1, -0.05) is 17.3 Å². The number of nitrogens with zero attached hydrogens (tertiary/aromatic N) is 2. The summed E-state index contributed by atoms with van der Waals surface area (Å²) in [6, 6.07) is 7.25. The van der Waals surface area contributed by atoms with Crippen molar-refractivity contribution in [1.29, 1.82) is 0 Å². The molecule has 0 saturated carbocycles. The second kappa shape index (κ2) is 10.9. The third kappa shape index (κ3) is 6.40. The molecule has 1 fully saturated rings. The zero-order valence-corrected chi connectivity index (χ0v) is 18.8. The first kappa shape index (κ1) is 23.5. The van der Waals surface area contributed by atoms with Gasteiger partial charge in [-0.15, -0.1) is 0 Å². The third-order valence-electron chi connectivity index (χ3n) is 5.49. The highest BCUT2D eigenvalue weighted by molar-refractivity contribution is 6.00. The highest BCUT2D eigenvalue weighted by Gasteiger charge is 2.24. The minimum atomic E-state index is -0.387. The second-order valence-corrected chi connectivity index (χ2v) is 8.01. The quantitative estimate of drug-likeness (QED) is 0.617. The van der Waals surface area contributed by atoms with Crippen molar-refractivity contribution in [2.75, 3.05) is 29.9 Å². The predicted octanol–water partition coefficient (Wildman–Crippen LogP) is 2.65. The van der Waals surface area contributed by atoms with Crippen molar-refractivity contribution in [3.63, 3.8) is 0 Å². The number of carbonyl (C=O) groups is 3. The maximum absolute atomic E-state index is 12.9. The van der Waals surface area contributed by atoms with E-state index in [4.69, 9.17) is 9.26 Å². The van der Waals surface area contributed by atoms with Crippen LogP contribution in [0.2, 0.25) is 0 Å². The minimum Gasteiger partial charge on any atom is -0.376 e. The number of hydrogen-bond acceptors (Lipinski definition) is 6. The average molecular weight is 443 g/mol. The Morgan fingerprint density at radius 3 is 2.66 bits per heavy atom. The highest BCUT2D eigenvalue weighted by Crippen LogP contribution is 2.19. The van der Waals surface area contributed by atoms with Crippen LogP contribution in [-0.4, -0.2) is 48.7 Å². The van der Waals surface area contributed by atoms with E-state index in [0.29, 0.717) is 18.9 Å². The monoisotopic (exact) mass is 442 g/mol. The van der Waals surface area contributed by atoms with Gasteiger partial charge < -0.3 is 19.9 Å². The number of aryl methyl sites for hydroxylation is 2. The van der Waals surface area contributed by atoms with Crippen molar-refractivity contribution >= 4 is 29.2 Å². The number of anilines is 2. The largest absolute Gasteiger partial charge is 0.376 e. The molecule has 0 radical (unpaired) electrons. The van der Waals surface area contributed by atoms with E-state index < -0.39 is 0 Å². The van der Waals surface area contributed by atoms with Crippen LogP contribution < -0.4 is 15.5 Å². The van der Waals surface area contributed by atoms with Crippen LogP contribution in [0.4, 0.5) is 11.5 Å². The Labute approximate surface area is 187 Å². The standard InChI is InChI=1S/C23H30N4O5/c1-15-6-4-8-19(17(15)3)25-21(28)9-10-23(30)27(20-12-16(2)32-26-20)14-22(29)24-13-18-7-5-11-31-18/h4,6,8,12,18H,5,7,9-11,13-14H2,1-3H3,(H,24,29)(H,25,28). The molecule has 1 unspecified atom stereocenters. The first-order chi connectivity index (χ1) is 15.3. The normalized spacial score (nSPS) is 15.4. The van der Waals surface area contributed by atoms with Gasteiger partial charge in [-0.3, -0.25) is 19.3 Å². The molecular weight excluding hydrogens is 412 g/mol. The number of nitrogens with one attached hydrogen (secondary N) is 2. The summed E-state index contributed by atoms with van der Waals surface area (Å²) >= 11 is 0. The number of aromatic nitrogens is 1. The van der Waals surface area contributed by atoms with Gasteiger partial charge in [-0.2, -0.15) is 0 Å². The van der Waals surface area contributed by atoms with Crippen molar-refractivity contribution in [3.05, 3.63) is 41.2 Å². The molecule has 9 heteroatoms. The number of amides is 3. The van der Waals surface area contributed by atoms with E-state index in [1.54, 1.807) is 13.0 Å². The summed E-state index contributed by atoms with van der Waals surface area (Å²) in [5.74, 6) is -0.220. The fourth-order valence-electron chi connectivity index (χ4n) is 3.46. The fourth-order valence-corrected chi connectivity index (χ4v) is 3.46. The Hall–Kier alpha value is -3.20. The smallest absolute Gasteiger partial charge is 0.240 e. The maximum atomic E-state index is 12.9. The molecule has 0 aliphatic carbocycles. The molecule has 3 amide bonds. The molecular formula is C23H30N4O5. The number of benzene rings is 1. The first-order valence-corrected chi connectivity index (χ1v) is 10.8. The molecule has 2 heterocycles. The molecule has 1 aliphatic heterocycles. The number of hydrogen-bond donors (Lipinski definition) is 2. The fraction of sp³-hybridized carbons (Fsp3) is 0.478. The van der Waals surface area contributed by atoms with Crippen LogP contribution in [0.3, 0.4) is 0 Å². The number of rotatable bonds is 9. The van der Waals surface area contributed by atoms with Gasteiger partial charge >= 0.3 is 0 Å². The second-order valence-electron chi connectivity index (χ2n) is 8.01. The van der Waals surface area contributed by atoms with Gasteiger partial charge in [-0.05, 0) is 50.8 Å². The number of ether oxygens (including phenoxy) is 1. The Balaban J connectivity index is 1.57. The SMILES string of the molecule is Cc1cc(N(CC(=O)NCC2CCCO2)C(=O)CCC(=O)Nc2cccc(C)c2C)no1. The summed E-state index contributed by atoms with van der Waals surface area (Å²) in [6.45, 7) is 6.49. The minimum absolute atomic E-state index is 0.00571. The summed E-state index contributed by atoms with van der Waals surface area (Å²) in [5.41, 5.74) is 2.77. The molecule has 9 nitrogen and oxygen atoms in total. The van der Waals surface area contributed by atoms with Crippen molar-refractivity contribution in [1.82, 2.24) is 10.5 Å². The lowest BCUT2D eigenvalue weighted by Gasteiger charge is -2.20. The van der Waals surface area contributed by atoms with Gasteiger partial charge in [0.05, 0.1) is 6.10 Å². The molecule has 1 aromatic carbocycles. The molecule has 3 rings (SSSR count). The lowest BCUT2D eigenvalue weighted by atomic mass is 10.1. The van der Waals surface area contributed by atoms with E-state index in [9.17, 15) is 14.4 Å². The van der Waals surface area contributed by atoms with Gasteiger partial charge in [0.15, 0.2) is 5.82 Å².